The van der Waals surface area contributed by atoms with Gasteiger partial charge in [0.2, 0.25) is 20.0 Å². The molecule has 1 fully saturated rings. The minimum Gasteiger partial charge on any atom is -0.497 e. The highest BCUT2D eigenvalue weighted by Crippen LogP contribution is 2.51. The monoisotopic (exact) mass is 524 g/mol. The van der Waals surface area contributed by atoms with Crippen LogP contribution in [0.5, 0.6) is 5.75 Å². The SMILES string of the molecule is COc1ccc(C23CCN(S(=O)(=O)c4ccc(C)cc4)CC2=Cc2ccccc2N3S(C)(=O)=O)cc1. The number of ether oxygens (including phenoxy) is 1. The van der Waals surface area contributed by atoms with Gasteiger partial charge in [-0.1, -0.05) is 48.0 Å². The molecule has 0 spiro atoms. The third-order valence-corrected chi connectivity index (χ3v) is 10.0. The Balaban J connectivity index is 1.69. The van der Waals surface area contributed by atoms with Crippen molar-refractivity contribution in [1.82, 2.24) is 4.31 Å². The number of rotatable bonds is 5. The number of sulfonamides is 2. The summed E-state index contributed by atoms with van der Waals surface area (Å²) in [5, 5.41) is 0. The molecule has 2 aliphatic rings. The molecule has 3 aromatic rings. The average Bonchev–Trinajstić information content (AvgIpc) is 2.86. The number of methoxy groups -OCH3 is 1. The van der Waals surface area contributed by atoms with Crippen LogP contribution in [0.3, 0.4) is 0 Å². The number of nitrogens with zero attached hydrogens (tertiary/aromatic N) is 2. The Kier molecular flexibility index (Phi) is 5.97. The van der Waals surface area contributed by atoms with Crippen LogP contribution in [0.25, 0.3) is 6.08 Å². The van der Waals surface area contributed by atoms with Gasteiger partial charge in [0.05, 0.1) is 23.9 Å². The van der Waals surface area contributed by atoms with Crippen LogP contribution in [0.2, 0.25) is 0 Å². The highest BCUT2D eigenvalue weighted by molar-refractivity contribution is 7.92. The van der Waals surface area contributed by atoms with Crippen LogP contribution < -0.4 is 9.04 Å². The molecular formula is C27H28N2O5S2. The lowest BCUT2D eigenvalue weighted by Gasteiger charge is -2.52. The maximum Gasteiger partial charge on any atom is 0.243 e. The van der Waals surface area contributed by atoms with Gasteiger partial charge in [-0.2, -0.15) is 4.31 Å². The van der Waals surface area contributed by atoms with Gasteiger partial charge in [0.15, 0.2) is 0 Å². The molecule has 3 aromatic carbocycles. The van der Waals surface area contributed by atoms with Gasteiger partial charge in [0.1, 0.15) is 11.3 Å². The lowest BCUT2D eigenvalue weighted by molar-refractivity contribution is 0.310. The molecule has 0 aromatic heterocycles. The van der Waals surface area contributed by atoms with E-state index in [1.807, 2.05) is 43.3 Å². The van der Waals surface area contributed by atoms with Gasteiger partial charge in [-0.25, -0.2) is 16.8 Å². The smallest absolute Gasteiger partial charge is 0.243 e. The van der Waals surface area contributed by atoms with E-state index in [2.05, 4.69) is 0 Å². The van der Waals surface area contributed by atoms with Crippen LogP contribution in [0.1, 0.15) is 23.1 Å². The molecule has 1 saturated heterocycles. The highest BCUT2D eigenvalue weighted by Gasteiger charge is 2.52. The number of anilines is 1. The van der Waals surface area contributed by atoms with Gasteiger partial charge in [0, 0.05) is 13.1 Å². The molecule has 0 bridgehead atoms. The predicted molar refractivity (Wildman–Crippen MR) is 141 cm³/mol. The molecule has 9 heteroatoms. The van der Waals surface area contributed by atoms with E-state index in [1.165, 1.54) is 14.9 Å². The average molecular weight is 525 g/mol. The topological polar surface area (TPSA) is 84.0 Å². The molecule has 2 aliphatic heterocycles. The quantitative estimate of drug-likeness (QED) is 0.501. The van der Waals surface area contributed by atoms with Crippen molar-refractivity contribution in [3.8, 4) is 5.75 Å². The fourth-order valence-electron chi connectivity index (χ4n) is 5.27. The summed E-state index contributed by atoms with van der Waals surface area (Å²) in [5.74, 6) is 0.655. The van der Waals surface area contributed by atoms with Crippen LogP contribution >= 0.6 is 0 Å². The van der Waals surface area contributed by atoms with E-state index in [9.17, 15) is 16.8 Å². The lowest BCUT2D eigenvalue weighted by Crippen LogP contribution is -2.58. The standard InChI is InChI=1S/C27H28N2O5S2/c1-20-8-14-25(15-9-20)36(32,33)28-17-16-27(22-10-12-24(34-2)13-11-22)23(19-28)18-21-6-4-5-7-26(21)29(27)35(3,30)31/h4-15,18H,16-17,19H2,1-3H3. The van der Waals surface area contributed by atoms with Gasteiger partial charge in [-0.05, 0) is 66.5 Å². The Labute approximate surface area is 212 Å². The zero-order valence-corrected chi connectivity index (χ0v) is 22.0. The van der Waals surface area contributed by atoms with Crippen LogP contribution in [0.4, 0.5) is 5.69 Å². The van der Waals surface area contributed by atoms with Crippen molar-refractivity contribution in [2.45, 2.75) is 23.8 Å². The molecule has 188 valence electrons. The fraction of sp³-hybridized carbons (Fsp3) is 0.259. The Morgan fingerprint density at radius 3 is 2.19 bits per heavy atom. The lowest BCUT2D eigenvalue weighted by atomic mass is 9.74. The number of benzene rings is 3. The predicted octanol–water partition coefficient (Wildman–Crippen LogP) is 4.16. The van der Waals surface area contributed by atoms with Crippen molar-refractivity contribution in [1.29, 1.82) is 0 Å². The highest BCUT2D eigenvalue weighted by atomic mass is 32.2. The number of para-hydroxylation sites is 1. The molecule has 2 heterocycles. The molecule has 0 radical (unpaired) electrons. The van der Waals surface area contributed by atoms with E-state index in [-0.39, 0.29) is 24.4 Å². The molecule has 0 saturated carbocycles. The Bertz CT molecular complexity index is 1550. The first kappa shape index (κ1) is 24.5. The molecule has 7 nitrogen and oxygen atoms in total. The Morgan fingerprint density at radius 1 is 0.889 bits per heavy atom. The van der Waals surface area contributed by atoms with E-state index in [0.717, 1.165) is 16.7 Å². The minimum absolute atomic E-state index is 0.0720. The summed E-state index contributed by atoms with van der Waals surface area (Å²) in [4.78, 5) is 0.224. The first-order chi connectivity index (χ1) is 17.1. The van der Waals surface area contributed by atoms with E-state index >= 15 is 0 Å². The van der Waals surface area contributed by atoms with E-state index < -0.39 is 25.6 Å². The summed E-state index contributed by atoms with van der Waals surface area (Å²) < 4.78 is 62.1. The molecule has 36 heavy (non-hydrogen) atoms. The Hall–Kier alpha value is -3.14. The first-order valence-electron chi connectivity index (χ1n) is 11.6. The van der Waals surface area contributed by atoms with E-state index in [4.69, 9.17) is 4.74 Å². The molecule has 0 N–H and O–H groups in total. The summed E-state index contributed by atoms with van der Waals surface area (Å²) in [6.45, 7) is 2.14. The number of aryl methyl sites for hydroxylation is 1. The number of piperidine rings is 1. The van der Waals surface area contributed by atoms with Gasteiger partial charge in [-0.3, -0.25) is 4.31 Å². The summed E-state index contributed by atoms with van der Waals surface area (Å²) in [7, 11) is -5.95. The number of hydrogen-bond acceptors (Lipinski definition) is 5. The van der Waals surface area contributed by atoms with Crippen LogP contribution in [0.15, 0.2) is 83.3 Å². The first-order valence-corrected chi connectivity index (χ1v) is 14.9. The number of hydrogen-bond donors (Lipinski definition) is 0. The molecule has 0 amide bonds. The molecule has 5 rings (SSSR count). The Morgan fingerprint density at radius 2 is 1.56 bits per heavy atom. The van der Waals surface area contributed by atoms with E-state index in [0.29, 0.717) is 17.0 Å². The second kappa shape index (κ2) is 8.76. The maximum atomic E-state index is 13.6. The minimum atomic E-state index is -3.77. The normalized spacial score (nSPS) is 20.3. The molecule has 1 atom stereocenters. The molecule has 1 unspecified atom stereocenters. The van der Waals surface area contributed by atoms with Crippen molar-refractivity contribution in [3.05, 3.63) is 95.1 Å². The largest absolute Gasteiger partial charge is 0.497 e. The number of fused-ring (bicyclic) bond motifs is 2. The second-order valence-electron chi connectivity index (χ2n) is 9.25. The summed E-state index contributed by atoms with van der Waals surface area (Å²) >= 11 is 0. The van der Waals surface area contributed by atoms with Crippen molar-refractivity contribution in [2.75, 3.05) is 30.8 Å². The molecular weight excluding hydrogens is 496 g/mol. The van der Waals surface area contributed by atoms with Crippen LogP contribution in [0, 0.1) is 6.92 Å². The maximum absolute atomic E-state index is 13.6. The van der Waals surface area contributed by atoms with Crippen molar-refractivity contribution >= 4 is 31.8 Å². The van der Waals surface area contributed by atoms with Gasteiger partial charge in [-0.15, -0.1) is 0 Å². The van der Waals surface area contributed by atoms with Crippen LogP contribution in [-0.2, 0) is 25.6 Å². The van der Waals surface area contributed by atoms with Crippen molar-refractivity contribution < 1.29 is 21.6 Å². The van der Waals surface area contributed by atoms with Gasteiger partial charge < -0.3 is 4.74 Å². The van der Waals surface area contributed by atoms with Crippen LogP contribution in [-0.4, -0.2) is 47.6 Å². The summed E-state index contributed by atoms with van der Waals surface area (Å²) in [5.41, 5.74) is 2.70. The van der Waals surface area contributed by atoms with Gasteiger partial charge in [0.25, 0.3) is 0 Å². The third-order valence-electron chi connectivity index (χ3n) is 6.99. The molecule has 0 aliphatic carbocycles. The van der Waals surface area contributed by atoms with Gasteiger partial charge >= 0.3 is 0 Å². The second-order valence-corrected chi connectivity index (χ2v) is 13.0. The van der Waals surface area contributed by atoms with Crippen molar-refractivity contribution in [2.24, 2.45) is 0 Å². The zero-order valence-electron chi connectivity index (χ0n) is 20.4. The fourth-order valence-corrected chi connectivity index (χ4v) is 8.09. The zero-order chi connectivity index (χ0) is 25.7. The van der Waals surface area contributed by atoms with E-state index in [1.54, 1.807) is 49.6 Å². The third kappa shape index (κ3) is 3.91. The summed E-state index contributed by atoms with van der Waals surface area (Å²) in [6.07, 6.45) is 3.41. The van der Waals surface area contributed by atoms with Crippen molar-refractivity contribution in [3.63, 3.8) is 0 Å². The summed E-state index contributed by atoms with van der Waals surface area (Å²) in [6, 6.07) is 21.4.